The quantitative estimate of drug-likeness (QED) is 0.283. The predicted octanol–water partition coefficient (Wildman–Crippen LogP) is 8.30. The fraction of sp³-hybridized carbons (Fsp3) is 0.472. The number of benzene rings is 3. The van der Waals surface area contributed by atoms with Gasteiger partial charge in [0.15, 0.2) is 0 Å². The van der Waals surface area contributed by atoms with E-state index in [2.05, 4.69) is 79.7 Å². The zero-order valence-corrected chi connectivity index (χ0v) is 23.5. The van der Waals surface area contributed by atoms with Gasteiger partial charge in [-0.25, -0.2) is 0 Å². The van der Waals surface area contributed by atoms with Crippen molar-refractivity contribution in [1.29, 1.82) is 0 Å². The van der Waals surface area contributed by atoms with Gasteiger partial charge in [0.05, 0.1) is 12.7 Å². The number of ketones is 1. The summed E-state index contributed by atoms with van der Waals surface area (Å²) in [7, 11) is 0. The Hall–Kier alpha value is -2.91. The predicted molar refractivity (Wildman–Crippen MR) is 156 cm³/mol. The van der Waals surface area contributed by atoms with Gasteiger partial charge in [0, 0.05) is 12.8 Å². The SMILES string of the molecule is CCC(=O)C[C@H]1C[C@]2(C)C(OCc3ccccc3)CC[C@H]2[C@@H]2CCc3cc(OCc4ccccc4)ccc3[C@@H]12. The molecule has 204 valence electrons. The van der Waals surface area contributed by atoms with E-state index in [1.807, 2.05) is 13.0 Å². The molecule has 3 aromatic rings. The van der Waals surface area contributed by atoms with Crippen molar-refractivity contribution < 1.29 is 14.3 Å². The van der Waals surface area contributed by atoms with Crippen molar-refractivity contribution in [2.75, 3.05) is 0 Å². The van der Waals surface area contributed by atoms with Gasteiger partial charge in [-0.05, 0) is 95.6 Å². The van der Waals surface area contributed by atoms with E-state index in [-0.39, 0.29) is 11.5 Å². The normalized spacial score (nSPS) is 29.2. The van der Waals surface area contributed by atoms with Gasteiger partial charge in [0.25, 0.3) is 0 Å². The molecular formula is C36H42O3. The van der Waals surface area contributed by atoms with Crippen LogP contribution in [0.4, 0.5) is 0 Å². The molecule has 3 nitrogen and oxygen atoms in total. The molecule has 3 aliphatic carbocycles. The molecule has 0 spiro atoms. The molecule has 0 N–H and O–H groups in total. The third-order valence-electron chi connectivity index (χ3n) is 10.2. The van der Waals surface area contributed by atoms with E-state index in [4.69, 9.17) is 9.47 Å². The van der Waals surface area contributed by atoms with E-state index in [1.165, 1.54) is 35.1 Å². The van der Waals surface area contributed by atoms with Crippen LogP contribution in [0, 0.1) is 23.2 Å². The molecule has 0 amide bonds. The molecule has 0 saturated heterocycles. The van der Waals surface area contributed by atoms with Crippen LogP contribution in [0.5, 0.6) is 5.75 Å². The Morgan fingerprint density at radius 3 is 2.33 bits per heavy atom. The number of hydrogen-bond donors (Lipinski definition) is 0. The van der Waals surface area contributed by atoms with E-state index in [9.17, 15) is 4.79 Å². The number of aryl methyl sites for hydroxylation is 1. The minimum atomic E-state index is 0.130. The largest absolute Gasteiger partial charge is 0.489 e. The highest BCUT2D eigenvalue weighted by molar-refractivity contribution is 5.78. The molecule has 6 rings (SSSR count). The maximum atomic E-state index is 12.9. The van der Waals surface area contributed by atoms with Gasteiger partial charge >= 0.3 is 0 Å². The third-order valence-corrected chi connectivity index (χ3v) is 10.2. The monoisotopic (exact) mass is 522 g/mol. The van der Waals surface area contributed by atoms with Crippen LogP contribution in [0.1, 0.15) is 80.5 Å². The Labute approximate surface area is 233 Å². The van der Waals surface area contributed by atoms with Crippen LogP contribution in [0.25, 0.3) is 0 Å². The van der Waals surface area contributed by atoms with Crippen molar-refractivity contribution in [3.63, 3.8) is 0 Å². The van der Waals surface area contributed by atoms with Gasteiger partial charge in [-0.2, -0.15) is 0 Å². The summed E-state index contributed by atoms with van der Waals surface area (Å²) in [6, 6.07) is 27.7. The summed E-state index contributed by atoms with van der Waals surface area (Å²) in [5, 5.41) is 0. The van der Waals surface area contributed by atoms with Crippen molar-refractivity contribution in [2.24, 2.45) is 23.2 Å². The zero-order chi connectivity index (χ0) is 26.8. The molecular weight excluding hydrogens is 480 g/mol. The standard InChI is InChI=1S/C36H42O3/c1-3-29(37)20-28-22-36(2)33(18-19-34(36)39-24-26-12-8-5-9-13-26)32-16-14-27-21-30(15-17-31(27)35(28)32)38-23-25-10-6-4-7-11-25/h4-13,15,17,21,28,32-35H,3,14,16,18-20,22-24H2,1-2H3/t28-,32-,33-,34?,35+,36-/m0/s1. The summed E-state index contributed by atoms with van der Waals surface area (Å²) < 4.78 is 12.9. The van der Waals surface area contributed by atoms with Crippen LogP contribution >= 0.6 is 0 Å². The molecule has 0 aromatic heterocycles. The second-order valence-corrected chi connectivity index (χ2v) is 12.4. The van der Waals surface area contributed by atoms with Crippen molar-refractivity contribution in [3.05, 3.63) is 101 Å². The lowest BCUT2D eigenvalue weighted by molar-refractivity contribution is -0.123. The molecule has 0 heterocycles. The van der Waals surface area contributed by atoms with Gasteiger partial charge in [0.1, 0.15) is 18.1 Å². The van der Waals surface area contributed by atoms with E-state index in [0.29, 0.717) is 55.5 Å². The van der Waals surface area contributed by atoms with Crippen LogP contribution in [0.15, 0.2) is 78.9 Å². The zero-order valence-electron chi connectivity index (χ0n) is 23.5. The maximum absolute atomic E-state index is 12.9. The van der Waals surface area contributed by atoms with Crippen LogP contribution in [0.3, 0.4) is 0 Å². The van der Waals surface area contributed by atoms with Crippen LogP contribution in [-0.4, -0.2) is 11.9 Å². The number of carbonyl (C=O) groups is 1. The minimum Gasteiger partial charge on any atom is -0.489 e. The molecule has 0 radical (unpaired) electrons. The summed E-state index contributed by atoms with van der Waals surface area (Å²) in [5.41, 5.74) is 5.46. The van der Waals surface area contributed by atoms with Gasteiger partial charge in [0.2, 0.25) is 0 Å². The van der Waals surface area contributed by atoms with E-state index in [1.54, 1.807) is 0 Å². The second-order valence-electron chi connectivity index (χ2n) is 12.4. The Morgan fingerprint density at radius 2 is 1.62 bits per heavy atom. The van der Waals surface area contributed by atoms with Crippen molar-refractivity contribution >= 4 is 5.78 Å². The Balaban J connectivity index is 1.24. The number of rotatable bonds is 9. The molecule has 1 unspecified atom stereocenters. The molecule has 3 aliphatic rings. The molecule has 3 heteroatoms. The Kier molecular flexibility index (Phi) is 7.62. The number of carbonyl (C=O) groups excluding carboxylic acids is 1. The highest BCUT2D eigenvalue weighted by Gasteiger charge is 2.58. The van der Waals surface area contributed by atoms with Gasteiger partial charge < -0.3 is 9.47 Å². The fourth-order valence-electron chi connectivity index (χ4n) is 8.33. The average Bonchev–Trinajstić information content (AvgIpc) is 3.31. The summed E-state index contributed by atoms with van der Waals surface area (Å²) in [6.45, 7) is 5.76. The topological polar surface area (TPSA) is 35.5 Å². The summed E-state index contributed by atoms with van der Waals surface area (Å²) in [5.74, 6) is 3.45. The van der Waals surface area contributed by atoms with Gasteiger partial charge in [-0.15, -0.1) is 0 Å². The van der Waals surface area contributed by atoms with Crippen LogP contribution in [0.2, 0.25) is 0 Å². The van der Waals surface area contributed by atoms with Crippen molar-refractivity contribution in [3.8, 4) is 5.75 Å². The first kappa shape index (κ1) is 26.3. The molecule has 6 atom stereocenters. The number of ether oxygens (including phenoxy) is 2. The lowest BCUT2D eigenvalue weighted by Gasteiger charge is -2.54. The first-order valence-corrected chi connectivity index (χ1v) is 15.0. The number of Topliss-reactive ketones (excluding diaryl/α,β-unsaturated/α-hetero) is 1. The van der Waals surface area contributed by atoms with Gasteiger partial charge in [-0.1, -0.05) is 80.6 Å². The first-order chi connectivity index (χ1) is 19.0. The maximum Gasteiger partial charge on any atom is 0.132 e. The summed E-state index contributed by atoms with van der Waals surface area (Å²) in [4.78, 5) is 12.9. The smallest absolute Gasteiger partial charge is 0.132 e. The molecule has 39 heavy (non-hydrogen) atoms. The highest BCUT2D eigenvalue weighted by atomic mass is 16.5. The molecule has 0 aliphatic heterocycles. The van der Waals surface area contributed by atoms with Crippen molar-refractivity contribution in [1.82, 2.24) is 0 Å². The second kappa shape index (κ2) is 11.3. The van der Waals surface area contributed by atoms with E-state index < -0.39 is 0 Å². The van der Waals surface area contributed by atoms with Gasteiger partial charge in [-0.3, -0.25) is 4.79 Å². The third kappa shape index (κ3) is 5.31. The summed E-state index contributed by atoms with van der Waals surface area (Å²) >= 11 is 0. The Bertz CT molecular complexity index is 1270. The van der Waals surface area contributed by atoms with Crippen LogP contribution < -0.4 is 4.74 Å². The fourth-order valence-corrected chi connectivity index (χ4v) is 8.33. The molecule has 2 saturated carbocycles. The lowest BCUT2D eigenvalue weighted by atomic mass is 9.51. The molecule has 2 fully saturated rings. The summed E-state index contributed by atoms with van der Waals surface area (Å²) in [6.07, 6.45) is 7.31. The van der Waals surface area contributed by atoms with E-state index in [0.717, 1.165) is 25.0 Å². The highest BCUT2D eigenvalue weighted by Crippen LogP contribution is 2.64. The Morgan fingerprint density at radius 1 is 0.897 bits per heavy atom. The van der Waals surface area contributed by atoms with E-state index >= 15 is 0 Å². The average molecular weight is 523 g/mol. The first-order valence-electron chi connectivity index (χ1n) is 15.0. The van der Waals surface area contributed by atoms with Crippen LogP contribution in [-0.2, 0) is 29.2 Å². The van der Waals surface area contributed by atoms with Crippen molar-refractivity contribution in [2.45, 2.75) is 84.0 Å². The molecule has 3 aromatic carbocycles. The number of fused-ring (bicyclic) bond motifs is 5. The number of hydrogen-bond acceptors (Lipinski definition) is 3. The minimum absolute atomic E-state index is 0.130. The lowest BCUT2D eigenvalue weighted by Crippen LogP contribution is -2.48. The molecule has 0 bridgehead atoms.